The molecule has 2 atom stereocenters. The number of halogens is 2. The number of likely N-dealkylation sites (N-methyl/N-ethyl adjacent to an activating group) is 1. The van der Waals surface area contributed by atoms with Crippen LogP contribution in [-0.4, -0.2) is 69.6 Å². The van der Waals surface area contributed by atoms with Gasteiger partial charge in [0.05, 0.1) is 13.2 Å². The molecule has 0 aliphatic carbocycles. The number of piperidine rings is 1. The van der Waals surface area contributed by atoms with E-state index in [1.54, 1.807) is 12.0 Å². The lowest BCUT2D eigenvalue weighted by molar-refractivity contribution is -0.118. The number of likely N-dealkylation sites (tertiary alicyclic amines) is 1. The maximum atomic E-state index is 12.2. The Bertz CT molecular complexity index is 958. The number of hydrogen-bond donors (Lipinski definition) is 1. The molecule has 0 spiro atoms. The molecule has 6 nitrogen and oxygen atoms in total. The van der Waals surface area contributed by atoms with E-state index in [-0.39, 0.29) is 30.7 Å². The summed E-state index contributed by atoms with van der Waals surface area (Å²) in [6, 6.07) is 15.8. The summed E-state index contributed by atoms with van der Waals surface area (Å²) in [6.07, 6.45) is 3.67. The molecule has 1 saturated heterocycles. The van der Waals surface area contributed by atoms with Crippen molar-refractivity contribution in [1.29, 1.82) is 0 Å². The van der Waals surface area contributed by atoms with Gasteiger partial charge in [-0.25, -0.2) is 0 Å². The van der Waals surface area contributed by atoms with Crippen LogP contribution in [0, 0.1) is 0 Å². The number of ether oxygens (including phenoxy) is 1. The first-order valence-corrected chi connectivity index (χ1v) is 12.1. The lowest BCUT2D eigenvalue weighted by atomic mass is 9.90. The number of carbonyl (C=O) groups is 1. The van der Waals surface area contributed by atoms with Crippen molar-refractivity contribution in [3.63, 3.8) is 0 Å². The van der Waals surface area contributed by atoms with Crippen molar-refractivity contribution in [3.05, 3.63) is 59.2 Å². The average Bonchev–Trinajstić information content (AvgIpc) is 2.83. The Labute approximate surface area is 222 Å². The number of methoxy groups -OCH3 is 1. The smallest absolute Gasteiger partial charge is 0.227 e. The molecule has 0 radical (unpaired) electrons. The van der Waals surface area contributed by atoms with Crippen LogP contribution < -0.4 is 15.0 Å². The Kier molecular flexibility index (Phi) is 11.3. The van der Waals surface area contributed by atoms with Crippen molar-refractivity contribution in [2.45, 2.75) is 44.3 Å². The minimum Gasteiger partial charge on any atom is -0.496 e. The van der Waals surface area contributed by atoms with E-state index in [0.717, 1.165) is 49.5 Å². The second-order valence-electron chi connectivity index (χ2n) is 9.57. The molecule has 0 aromatic heterocycles. The van der Waals surface area contributed by atoms with Gasteiger partial charge < -0.3 is 19.9 Å². The minimum absolute atomic E-state index is 0. The summed E-state index contributed by atoms with van der Waals surface area (Å²) < 4.78 is 5.75. The number of rotatable bonds is 8. The van der Waals surface area contributed by atoms with Crippen LogP contribution in [0.25, 0.3) is 0 Å². The minimum atomic E-state index is 0. The zero-order valence-corrected chi connectivity index (χ0v) is 23.0. The van der Waals surface area contributed by atoms with Crippen molar-refractivity contribution >= 4 is 36.4 Å². The number of amides is 1. The predicted octanol–water partition coefficient (Wildman–Crippen LogP) is 4.30. The summed E-state index contributed by atoms with van der Waals surface area (Å²) in [6.45, 7) is 3.95. The van der Waals surface area contributed by atoms with Gasteiger partial charge in [0.2, 0.25) is 5.91 Å². The molecule has 2 aromatic carbocycles. The van der Waals surface area contributed by atoms with Gasteiger partial charge in [0.15, 0.2) is 0 Å². The zero-order chi connectivity index (χ0) is 23.4. The highest BCUT2D eigenvalue weighted by atomic mass is 35.5. The van der Waals surface area contributed by atoms with Gasteiger partial charge >= 0.3 is 0 Å². The summed E-state index contributed by atoms with van der Waals surface area (Å²) in [5.74, 6) is 1.08. The van der Waals surface area contributed by atoms with E-state index in [4.69, 9.17) is 4.74 Å². The largest absolute Gasteiger partial charge is 0.496 e. The third kappa shape index (κ3) is 6.89. The van der Waals surface area contributed by atoms with Crippen LogP contribution in [0.3, 0.4) is 0 Å². The van der Waals surface area contributed by atoms with E-state index in [0.29, 0.717) is 25.0 Å². The van der Waals surface area contributed by atoms with Crippen LogP contribution in [0.4, 0.5) is 5.69 Å². The van der Waals surface area contributed by atoms with Crippen LogP contribution in [0.15, 0.2) is 42.5 Å². The SMILES string of the molecule is COc1cc2c(cc1CNC1CCCN(CCN(C)C)C1c1ccccc1)N(C)C(=O)CC2.Cl.Cl. The predicted molar refractivity (Wildman–Crippen MR) is 148 cm³/mol. The molecule has 1 amide bonds. The second-order valence-corrected chi connectivity index (χ2v) is 9.57. The molecule has 1 N–H and O–H groups in total. The molecule has 0 bridgehead atoms. The molecule has 2 aromatic rings. The number of anilines is 1. The Morgan fingerprint density at radius 3 is 2.54 bits per heavy atom. The number of aryl methyl sites for hydroxylation is 1. The molecule has 8 heteroatoms. The molecule has 2 aliphatic rings. The molecule has 35 heavy (non-hydrogen) atoms. The number of carbonyl (C=O) groups excluding carboxylic acids is 1. The number of hydrogen-bond acceptors (Lipinski definition) is 5. The van der Waals surface area contributed by atoms with Gasteiger partial charge in [-0.1, -0.05) is 30.3 Å². The van der Waals surface area contributed by atoms with Crippen LogP contribution in [-0.2, 0) is 17.8 Å². The van der Waals surface area contributed by atoms with Crippen LogP contribution in [0.5, 0.6) is 5.75 Å². The van der Waals surface area contributed by atoms with Gasteiger partial charge in [-0.05, 0) is 63.2 Å². The van der Waals surface area contributed by atoms with Crippen LogP contribution in [0.2, 0.25) is 0 Å². The van der Waals surface area contributed by atoms with Crippen molar-refractivity contribution in [3.8, 4) is 5.75 Å². The lowest BCUT2D eigenvalue weighted by Gasteiger charge is -2.42. The molecule has 2 aliphatic heterocycles. The molecule has 4 rings (SSSR count). The molecule has 1 fully saturated rings. The number of benzene rings is 2. The van der Waals surface area contributed by atoms with Crippen molar-refractivity contribution in [2.24, 2.45) is 0 Å². The van der Waals surface area contributed by atoms with Gasteiger partial charge in [0.25, 0.3) is 0 Å². The first-order valence-electron chi connectivity index (χ1n) is 12.1. The topological polar surface area (TPSA) is 48.1 Å². The van der Waals surface area contributed by atoms with E-state index in [1.807, 2.05) is 7.05 Å². The van der Waals surface area contributed by atoms with Gasteiger partial charge in [0.1, 0.15) is 5.75 Å². The third-order valence-corrected chi connectivity index (χ3v) is 7.09. The third-order valence-electron chi connectivity index (χ3n) is 7.09. The summed E-state index contributed by atoms with van der Waals surface area (Å²) in [4.78, 5) is 18.9. The highest BCUT2D eigenvalue weighted by molar-refractivity contribution is 5.96. The van der Waals surface area contributed by atoms with E-state index in [1.165, 1.54) is 17.5 Å². The summed E-state index contributed by atoms with van der Waals surface area (Å²) >= 11 is 0. The second kappa shape index (κ2) is 13.5. The van der Waals surface area contributed by atoms with Gasteiger partial charge in [-0.3, -0.25) is 9.69 Å². The van der Waals surface area contributed by atoms with Gasteiger partial charge in [-0.15, -0.1) is 24.8 Å². The fourth-order valence-corrected chi connectivity index (χ4v) is 5.23. The standard InChI is InChI=1S/C27H38N4O2.2ClH/c1-29(2)15-16-31-14-8-11-23(27(31)20-9-6-5-7-10-20)28-19-22-17-24-21(18-25(22)33-4)12-13-26(32)30(24)3;;/h5-7,9-10,17-18,23,27-28H,8,11-16,19H2,1-4H3;2*1H. The maximum absolute atomic E-state index is 12.2. The summed E-state index contributed by atoms with van der Waals surface area (Å²) in [5.41, 5.74) is 4.68. The number of nitrogens with zero attached hydrogens (tertiary/aromatic N) is 3. The van der Waals surface area contributed by atoms with E-state index in [9.17, 15) is 4.79 Å². The lowest BCUT2D eigenvalue weighted by Crippen LogP contribution is -2.49. The first kappa shape index (κ1) is 29.4. The quantitative estimate of drug-likeness (QED) is 0.559. The monoisotopic (exact) mass is 522 g/mol. The number of fused-ring (bicyclic) bond motifs is 1. The van der Waals surface area contributed by atoms with Gasteiger partial charge in [0, 0.05) is 50.4 Å². The molecule has 0 saturated carbocycles. The van der Waals surface area contributed by atoms with Crippen molar-refractivity contribution < 1.29 is 9.53 Å². The van der Waals surface area contributed by atoms with Crippen molar-refractivity contribution in [1.82, 2.24) is 15.1 Å². The average molecular weight is 524 g/mol. The van der Waals surface area contributed by atoms with E-state index >= 15 is 0 Å². The Morgan fingerprint density at radius 2 is 1.86 bits per heavy atom. The highest BCUT2D eigenvalue weighted by Gasteiger charge is 2.32. The van der Waals surface area contributed by atoms with Gasteiger partial charge in [-0.2, -0.15) is 0 Å². The van der Waals surface area contributed by atoms with E-state index in [2.05, 4.69) is 71.7 Å². The van der Waals surface area contributed by atoms with Crippen LogP contribution in [0.1, 0.15) is 42.0 Å². The number of nitrogens with one attached hydrogen (secondary N) is 1. The summed E-state index contributed by atoms with van der Waals surface area (Å²) in [7, 11) is 7.89. The van der Waals surface area contributed by atoms with Crippen LogP contribution >= 0.6 is 24.8 Å². The Hall–Kier alpha value is -1.83. The molecule has 194 valence electrons. The first-order chi connectivity index (χ1) is 16.0. The molecular weight excluding hydrogens is 483 g/mol. The Morgan fingerprint density at radius 1 is 1.11 bits per heavy atom. The molecule has 2 unspecified atom stereocenters. The van der Waals surface area contributed by atoms with Crippen molar-refractivity contribution in [2.75, 3.05) is 52.8 Å². The fourth-order valence-electron chi connectivity index (χ4n) is 5.23. The van der Waals surface area contributed by atoms with E-state index < -0.39 is 0 Å². The normalized spacial score (nSPS) is 20.1. The summed E-state index contributed by atoms with van der Waals surface area (Å²) in [5, 5.41) is 3.87. The zero-order valence-electron chi connectivity index (χ0n) is 21.3. The molecule has 2 heterocycles. The Balaban J connectivity index is 0.00000216. The fraction of sp³-hybridized carbons (Fsp3) is 0.519. The maximum Gasteiger partial charge on any atom is 0.227 e. The molecular formula is C27H40Cl2N4O2. The highest BCUT2D eigenvalue weighted by Crippen LogP contribution is 2.35.